The largest absolute Gasteiger partial charge is 0.308 e. The SMILES string of the molecule is NNC(=NC1CCCCCC1)c1cccc(Br)c1. The van der Waals surface area contributed by atoms with Gasteiger partial charge in [-0.25, -0.2) is 5.84 Å². The lowest BCUT2D eigenvalue weighted by Gasteiger charge is -2.13. The van der Waals surface area contributed by atoms with Gasteiger partial charge in [0.15, 0.2) is 0 Å². The van der Waals surface area contributed by atoms with Crippen molar-refractivity contribution in [2.24, 2.45) is 10.8 Å². The van der Waals surface area contributed by atoms with Gasteiger partial charge in [-0.1, -0.05) is 53.7 Å². The molecular weight excluding hydrogens is 290 g/mol. The maximum Gasteiger partial charge on any atom is 0.142 e. The Labute approximate surface area is 117 Å². The van der Waals surface area contributed by atoms with E-state index in [0.29, 0.717) is 6.04 Å². The molecule has 3 nitrogen and oxygen atoms in total. The molecule has 0 bridgehead atoms. The van der Waals surface area contributed by atoms with Gasteiger partial charge in [-0.2, -0.15) is 0 Å². The molecule has 0 atom stereocenters. The van der Waals surface area contributed by atoms with Crippen LogP contribution in [0, 0.1) is 0 Å². The van der Waals surface area contributed by atoms with Gasteiger partial charge in [0.2, 0.25) is 0 Å². The van der Waals surface area contributed by atoms with Crippen molar-refractivity contribution in [3.63, 3.8) is 0 Å². The smallest absolute Gasteiger partial charge is 0.142 e. The van der Waals surface area contributed by atoms with Crippen LogP contribution in [0.25, 0.3) is 0 Å². The van der Waals surface area contributed by atoms with Crippen molar-refractivity contribution in [3.05, 3.63) is 34.3 Å². The number of rotatable bonds is 2. The molecule has 0 saturated heterocycles. The van der Waals surface area contributed by atoms with Crippen LogP contribution < -0.4 is 11.3 Å². The van der Waals surface area contributed by atoms with Crippen molar-refractivity contribution >= 4 is 21.8 Å². The van der Waals surface area contributed by atoms with Crippen molar-refractivity contribution < 1.29 is 0 Å². The van der Waals surface area contributed by atoms with Crippen LogP contribution in [0.1, 0.15) is 44.1 Å². The first-order valence-corrected chi connectivity index (χ1v) is 7.39. The summed E-state index contributed by atoms with van der Waals surface area (Å²) in [5.41, 5.74) is 3.78. The highest BCUT2D eigenvalue weighted by Gasteiger charge is 2.12. The molecule has 3 N–H and O–H groups in total. The van der Waals surface area contributed by atoms with Gasteiger partial charge in [-0.05, 0) is 25.0 Å². The molecule has 1 saturated carbocycles. The van der Waals surface area contributed by atoms with E-state index in [0.717, 1.165) is 15.9 Å². The second-order valence-corrected chi connectivity index (χ2v) is 5.69. The number of aliphatic imine (C=N–C) groups is 1. The lowest BCUT2D eigenvalue weighted by atomic mass is 10.1. The van der Waals surface area contributed by atoms with Gasteiger partial charge in [0.1, 0.15) is 5.84 Å². The number of hydrogen-bond donors (Lipinski definition) is 2. The van der Waals surface area contributed by atoms with Gasteiger partial charge in [0.25, 0.3) is 0 Å². The van der Waals surface area contributed by atoms with Crippen molar-refractivity contribution in [2.75, 3.05) is 0 Å². The first-order chi connectivity index (χ1) is 8.79. The third-order valence-electron chi connectivity index (χ3n) is 3.37. The van der Waals surface area contributed by atoms with Gasteiger partial charge in [-0.15, -0.1) is 0 Å². The zero-order valence-electron chi connectivity index (χ0n) is 10.5. The van der Waals surface area contributed by atoms with Crippen LogP contribution in [0.2, 0.25) is 0 Å². The fourth-order valence-corrected chi connectivity index (χ4v) is 2.80. The molecule has 18 heavy (non-hydrogen) atoms. The second-order valence-electron chi connectivity index (χ2n) is 4.78. The Morgan fingerprint density at radius 1 is 1.22 bits per heavy atom. The van der Waals surface area contributed by atoms with E-state index in [-0.39, 0.29) is 0 Å². The topological polar surface area (TPSA) is 50.4 Å². The Balaban J connectivity index is 2.16. The molecule has 0 aromatic heterocycles. The minimum Gasteiger partial charge on any atom is -0.308 e. The second kappa shape index (κ2) is 6.90. The number of hydrogen-bond acceptors (Lipinski definition) is 2. The Morgan fingerprint density at radius 2 is 1.94 bits per heavy atom. The molecule has 1 aromatic carbocycles. The maximum absolute atomic E-state index is 5.62. The van der Waals surface area contributed by atoms with Crippen LogP contribution in [0.15, 0.2) is 33.7 Å². The van der Waals surface area contributed by atoms with Gasteiger partial charge >= 0.3 is 0 Å². The number of nitrogens with zero attached hydrogens (tertiary/aromatic N) is 1. The Kier molecular flexibility index (Phi) is 5.20. The van der Waals surface area contributed by atoms with E-state index in [1.165, 1.54) is 38.5 Å². The van der Waals surface area contributed by atoms with Gasteiger partial charge in [-0.3, -0.25) is 4.99 Å². The maximum atomic E-state index is 5.62. The van der Waals surface area contributed by atoms with Crippen LogP contribution in [0.5, 0.6) is 0 Å². The molecule has 0 radical (unpaired) electrons. The molecule has 0 amide bonds. The quantitative estimate of drug-likeness (QED) is 0.289. The summed E-state index contributed by atoms with van der Waals surface area (Å²) in [7, 11) is 0. The van der Waals surface area contributed by atoms with E-state index in [1.807, 2.05) is 24.3 Å². The number of nitrogens with two attached hydrogens (primary N) is 1. The van der Waals surface area contributed by atoms with Crippen LogP contribution in [0.4, 0.5) is 0 Å². The highest BCUT2D eigenvalue weighted by molar-refractivity contribution is 9.10. The first-order valence-electron chi connectivity index (χ1n) is 6.60. The molecule has 98 valence electrons. The molecule has 1 fully saturated rings. The third kappa shape index (κ3) is 3.82. The Morgan fingerprint density at radius 3 is 2.56 bits per heavy atom. The normalized spacial score (nSPS) is 18.4. The van der Waals surface area contributed by atoms with Crippen molar-refractivity contribution in [3.8, 4) is 0 Å². The molecule has 0 spiro atoms. The predicted octanol–water partition coefficient (Wildman–Crippen LogP) is 3.38. The number of nitrogens with one attached hydrogen (secondary N) is 1. The zero-order chi connectivity index (χ0) is 12.8. The highest BCUT2D eigenvalue weighted by Crippen LogP contribution is 2.20. The summed E-state index contributed by atoms with van der Waals surface area (Å²) in [6.45, 7) is 0. The molecule has 0 heterocycles. The van der Waals surface area contributed by atoms with Crippen LogP contribution in [-0.4, -0.2) is 11.9 Å². The summed E-state index contributed by atoms with van der Waals surface area (Å²) < 4.78 is 1.05. The van der Waals surface area contributed by atoms with Gasteiger partial charge < -0.3 is 5.43 Å². The average molecular weight is 310 g/mol. The molecule has 4 heteroatoms. The lowest BCUT2D eigenvalue weighted by molar-refractivity contribution is 0.583. The predicted molar refractivity (Wildman–Crippen MR) is 79.5 cm³/mol. The number of amidine groups is 1. The molecule has 0 unspecified atom stereocenters. The van der Waals surface area contributed by atoms with Crippen LogP contribution >= 0.6 is 15.9 Å². The van der Waals surface area contributed by atoms with E-state index in [4.69, 9.17) is 10.8 Å². The van der Waals surface area contributed by atoms with Gasteiger partial charge in [0.05, 0.1) is 6.04 Å². The number of halogens is 1. The van der Waals surface area contributed by atoms with E-state index < -0.39 is 0 Å². The van der Waals surface area contributed by atoms with E-state index >= 15 is 0 Å². The fourth-order valence-electron chi connectivity index (χ4n) is 2.40. The average Bonchev–Trinajstić information content (AvgIpc) is 2.64. The highest BCUT2D eigenvalue weighted by atomic mass is 79.9. The Bertz CT molecular complexity index is 409. The van der Waals surface area contributed by atoms with Crippen molar-refractivity contribution in [1.82, 2.24) is 5.43 Å². The summed E-state index contributed by atoms with van der Waals surface area (Å²) in [6.07, 6.45) is 7.61. The molecular formula is C14H20BrN3. The molecule has 2 rings (SSSR count). The summed E-state index contributed by atoms with van der Waals surface area (Å²) in [5, 5.41) is 0. The number of benzene rings is 1. The number of hydrazine groups is 1. The monoisotopic (exact) mass is 309 g/mol. The third-order valence-corrected chi connectivity index (χ3v) is 3.86. The van der Waals surface area contributed by atoms with Gasteiger partial charge in [0, 0.05) is 10.0 Å². The van der Waals surface area contributed by atoms with Crippen LogP contribution in [0.3, 0.4) is 0 Å². The van der Waals surface area contributed by atoms with E-state index in [9.17, 15) is 0 Å². The molecule has 1 aliphatic carbocycles. The molecule has 0 aliphatic heterocycles. The minimum absolute atomic E-state index is 0.414. The standard InChI is InChI=1S/C14H20BrN3/c15-12-7-5-6-11(10-12)14(18-16)17-13-8-3-1-2-4-9-13/h5-7,10,13H,1-4,8-9,16H2,(H,17,18). The summed E-state index contributed by atoms with van der Waals surface area (Å²) in [4.78, 5) is 4.79. The lowest BCUT2D eigenvalue weighted by Crippen LogP contribution is -2.32. The minimum atomic E-state index is 0.414. The summed E-state index contributed by atoms with van der Waals surface area (Å²) >= 11 is 3.47. The summed E-state index contributed by atoms with van der Waals surface area (Å²) in [5.74, 6) is 6.41. The van der Waals surface area contributed by atoms with Crippen molar-refractivity contribution in [2.45, 2.75) is 44.6 Å². The fraction of sp³-hybridized carbons (Fsp3) is 0.500. The first kappa shape index (κ1) is 13.6. The molecule has 1 aromatic rings. The van der Waals surface area contributed by atoms with Crippen LogP contribution in [-0.2, 0) is 0 Å². The zero-order valence-corrected chi connectivity index (χ0v) is 12.1. The Hall–Kier alpha value is -0.870. The van der Waals surface area contributed by atoms with Crippen molar-refractivity contribution in [1.29, 1.82) is 0 Å². The van der Waals surface area contributed by atoms with E-state index in [1.54, 1.807) is 0 Å². The molecule has 1 aliphatic rings. The summed E-state index contributed by atoms with van der Waals surface area (Å²) in [6, 6.07) is 8.48. The van der Waals surface area contributed by atoms with E-state index in [2.05, 4.69) is 21.4 Å².